The van der Waals surface area contributed by atoms with Gasteiger partial charge in [-0.05, 0) is 32.1 Å². The van der Waals surface area contributed by atoms with Gasteiger partial charge in [0.05, 0.1) is 6.07 Å². The molecule has 0 heterocycles. The summed E-state index contributed by atoms with van der Waals surface area (Å²) in [4.78, 5) is 11.8. The quantitative estimate of drug-likeness (QED) is 0.798. The van der Waals surface area contributed by atoms with Crippen molar-refractivity contribution in [1.82, 2.24) is 5.32 Å². The van der Waals surface area contributed by atoms with Crippen molar-refractivity contribution in [2.45, 2.75) is 59.9 Å². The standard InChI is InChI=1S/C13H24N2O/c1-7-10(8-14)11(16)15-13(5,6)9-12(2,3)4/h10H,7,9H2,1-6H3,(H,15,16). The van der Waals surface area contributed by atoms with Crippen LogP contribution in [0.25, 0.3) is 0 Å². The fraction of sp³-hybridized carbons (Fsp3) is 0.846. The van der Waals surface area contributed by atoms with Crippen molar-refractivity contribution < 1.29 is 4.79 Å². The lowest BCUT2D eigenvalue weighted by atomic mass is 9.81. The van der Waals surface area contributed by atoms with E-state index in [0.717, 1.165) is 6.42 Å². The second kappa shape index (κ2) is 5.34. The molecule has 1 amide bonds. The van der Waals surface area contributed by atoms with E-state index >= 15 is 0 Å². The van der Waals surface area contributed by atoms with Crippen LogP contribution in [-0.4, -0.2) is 11.4 Å². The first-order valence-corrected chi connectivity index (χ1v) is 5.83. The molecule has 92 valence electrons. The molecule has 0 fully saturated rings. The molecule has 0 aliphatic rings. The van der Waals surface area contributed by atoms with Gasteiger partial charge in [0.2, 0.25) is 5.91 Å². The van der Waals surface area contributed by atoms with Crippen molar-refractivity contribution >= 4 is 5.91 Å². The largest absolute Gasteiger partial charge is 0.350 e. The number of nitrogens with zero attached hydrogens (tertiary/aromatic N) is 1. The predicted octanol–water partition coefficient (Wildman–Crippen LogP) is 2.87. The number of hydrogen-bond acceptors (Lipinski definition) is 2. The number of nitrogens with one attached hydrogen (secondary N) is 1. The lowest BCUT2D eigenvalue weighted by Gasteiger charge is -2.33. The molecule has 0 aliphatic carbocycles. The van der Waals surface area contributed by atoms with Gasteiger partial charge < -0.3 is 5.32 Å². The smallest absolute Gasteiger partial charge is 0.237 e. The maximum absolute atomic E-state index is 11.8. The number of nitriles is 1. The molecule has 0 aromatic heterocycles. The highest BCUT2D eigenvalue weighted by Crippen LogP contribution is 2.27. The minimum Gasteiger partial charge on any atom is -0.350 e. The van der Waals surface area contributed by atoms with Gasteiger partial charge in [-0.2, -0.15) is 5.26 Å². The molecule has 1 N–H and O–H groups in total. The summed E-state index contributed by atoms with van der Waals surface area (Å²) < 4.78 is 0. The third kappa shape index (κ3) is 5.75. The second-order valence-corrected chi connectivity index (χ2v) is 6.20. The van der Waals surface area contributed by atoms with Crippen molar-refractivity contribution in [2.24, 2.45) is 11.3 Å². The first-order valence-electron chi connectivity index (χ1n) is 5.83. The van der Waals surface area contributed by atoms with Gasteiger partial charge in [0.1, 0.15) is 5.92 Å². The zero-order valence-electron chi connectivity index (χ0n) is 11.3. The van der Waals surface area contributed by atoms with Gasteiger partial charge in [0, 0.05) is 5.54 Å². The fourth-order valence-corrected chi connectivity index (χ4v) is 2.13. The Kier molecular flexibility index (Phi) is 4.99. The number of carbonyl (C=O) groups is 1. The Bertz CT molecular complexity index is 281. The molecule has 0 aromatic rings. The highest BCUT2D eigenvalue weighted by molar-refractivity contribution is 5.81. The molecular formula is C13H24N2O. The molecule has 0 bridgehead atoms. The van der Waals surface area contributed by atoms with Crippen LogP contribution in [0.4, 0.5) is 0 Å². The lowest BCUT2D eigenvalue weighted by Crippen LogP contribution is -2.47. The molecule has 1 unspecified atom stereocenters. The van der Waals surface area contributed by atoms with Crippen LogP contribution in [0.2, 0.25) is 0 Å². The Morgan fingerprint density at radius 1 is 1.31 bits per heavy atom. The lowest BCUT2D eigenvalue weighted by molar-refractivity contribution is -0.125. The molecule has 0 aromatic carbocycles. The van der Waals surface area contributed by atoms with Gasteiger partial charge in [0.15, 0.2) is 0 Å². The SMILES string of the molecule is CCC(C#N)C(=O)NC(C)(C)CC(C)(C)C. The van der Waals surface area contributed by atoms with Crippen molar-refractivity contribution in [1.29, 1.82) is 5.26 Å². The van der Waals surface area contributed by atoms with Crippen molar-refractivity contribution in [2.75, 3.05) is 0 Å². The van der Waals surface area contributed by atoms with E-state index in [1.165, 1.54) is 0 Å². The minimum atomic E-state index is -0.528. The summed E-state index contributed by atoms with van der Waals surface area (Å²) in [7, 11) is 0. The van der Waals surface area contributed by atoms with E-state index in [9.17, 15) is 4.79 Å². The predicted molar refractivity (Wildman–Crippen MR) is 65.7 cm³/mol. The third-order valence-corrected chi connectivity index (χ3v) is 2.31. The summed E-state index contributed by atoms with van der Waals surface area (Å²) >= 11 is 0. The Balaban J connectivity index is 4.48. The van der Waals surface area contributed by atoms with Crippen LogP contribution in [0.3, 0.4) is 0 Å². The minimum absolute atomic E-state index is 0.153. The van der Waals surface area contributed by atoms with E-state index in [1.54, 1.807) is 0 Å². The monoisotopic (exact) mass is 224 g/mol. The first kappa shape index (κ1) is 15.0. The second-order valence-electron chi connectivity index (χ2n) is 6.20. The number of rotatable bonds is 4. The van der Waals surface area contributed by atoms with E-state index in [-0.39, 0.29) is 16.9 Å². The average molecular weight is 224 g/mol. The van der Waals surface area contributed by atoms with Crippen molar-refractivity contribution in [3.05, 3.63) is 0 Å². The van der Waals surface area contributed by atoms with Gasteiger partial charge in [-0.25, -0.2) is 0 Å². The van der Waals surface area contributed by atoms with Gasteiger partial charge in [-0.1, -0.05) is 27.7 Å². The molecule has 0 aliphatic heterocycles. The molecule has 0 rings (SSSR count). The van der Waals surface area contributed by atoms with E-state index < -0.39 is 5.92 Å². The van der Waals surface area contributed by atoms with Crippen LogP contribution in [0, 0.1) is 22.7 Å². The van der Waals surface area contributed by atoms with Gasteiger partial charge in [0.25, 0.3) is 0 Å². The highest BCUT2D eigenvalue weighted by Gasteiger charge is 2.29. The number of amides is 1. The van der Waals surface area contributed by atoms with Crippen LogP contribution in [0.1, 0.15) is 54.4 Å². The van der Waals surface area contributed by atoms with Crippen LogP contribution >= 0.6 is 0 Å². The Morgan fingerprint density at radius 3 is 2.12 bits per heavy atom. The van der Waals surface area contributed by atoms with Gasteiger partial charge in [-0.15, -0.1) is 0 Å². The fourth-order valence-electron chi connectivity index (χ4n) is 2.13. The zero-order chi connectivity index (χ0) is 13.0. The third-order valence-electron chi connectivity index (χ3n) is 2.31. The molecule has 0 saturated heterocycles. The Morgan fingerprint density at radius 2 is 1.81 bits per heavy atom. The van der Waals surface area contributed by atoms with Crippen LogP contribution in [0.15, 0.2) is 0 Å². The summed E-state index contributed by atoms with van der Waals surface area (Å²) in [5.41, 5.74) is -0.106. The van der Waals surface area contributed by atoms with Crippen LogP contribution in [0.5, 0.6) is 0 Å². The van der Waals surface area contributed by atoms with Crippen LogP contribution in [-0.2, 0) is 4.79 Å². The summed E-state index contributed by atoms with van der Waals surface area (Å²) in [6, 6.07) is 2.02. The van der Waals surface area contributed by atoms with Gasteiger partial charge in [-0.3, -0.25) is 4.79 Å². The molecule has 3 nitrogen and oxygen atoms in total. The molecule has 1 atom stereocenters. The Labute approximate surface area is 99.2 Å². The molecule has 0 saturated carbocycles. The maximum atomic E-state index is 11.8. The summed E-state index contributed by atoms with van der Waals surface area (Å²) in [6.45, 7) is 12.3. The van der Waals surface area contributed by atoms with Crippen molar-refractivity contribution in [3.63, 3.8) is 0 Å². The molecule has 0 spiro atoms. The zero-order valence-corrected chi connectivity index (χ0v) is 11.3. The summed E-state index contributed by atoms with van der Waals surface area (Å²) in [6.07, 6.45) is 1.45. The summed E-state index contributed by atoms with van der Waals surface area (Å²) in [5.74, 6) is -0.682. The van der Waals surface area contributed by atoms with Crippen LogP contribution < -0.4 is 5.32 Å². The number of carbonyl (C=O) groups excluding carboxylic acids is 1. The molecular weight excluding hydrogens is 200 g/mol. The Hall–Kier alpha value is -1.04. The average Bonchev–Trinajstić information content (AvgIpc) is 1.99. The maximum Gasteiger partial charge on any atom is 0.237 e. The van der Waals surface area contributed by atoms with E-state index in [0.29, 0.717) is 6.42 Å². The molecule has 3 heteroatoms. The number of hydrogen-bond donors (Lipinski definition) is 1. The highest BCUT2D eigenvalue weighted by atomic mass is 16.2. The topological polar surface area (TPSA) is 52.9 Å². The normalized spacial score (nSPS) is 14.1. The van der Waals surface area contributed by atoms with E-state index in [2.05, 4.69) is 26.1 Å². The molecule has 0 radical (unpaired) electrons. The molecule has 16 heavy (non-hydrogen) atoms. The van der Waals surface area contributed by atoms with E-state index in [1.807, 2.05) is 26.8 Å². The first-order chi connectivity index (χ1) is 7.11. The van der Waals surface area contributed by atoms with Crippen molar-refractivity contribution in [3.8, 4) is 6.07 Å². The van der Waals surface area contributed by atoms with E-state index in [4.69, 9.17) is 5.26 Å². The summed E-state index contributed by atoms with van der Waals surface area (Å²) in [5, 5.41) is 11.8. The van der Waals surface area contributed by atoms with Gasteiger partial charge >= 0.3 is 0 Å².